The molecule has 0 heterocycles. The number of aliphatic carboxylic acids is 1. The summed E-state index contributed by atoms with van der Waals surface area (Å²) in [5.74, 6) is -0.964. The number of carbonyl (C=O) groups excluding carboxylic acids is 1. The van der Waals surface area contributed by atoms with Crippen molar-refractivity contribution in [2.75, 3.05) is 6.54 Å². The van der Waals surface area contributed by atoms with Gasteiger partial charge in [-0.2, -0.15) is 0 Å². The summed E-state index contributed by atoms with van der Waals surface area (Å²) in [6, 6.07) is 5.10. The molecule has 0 atom stereocenters. The van der Waals surface area contributed by atoms with Crippen molar-refractivity contribution in [3.63, 3.8) is 0 Å². The number of carboxylic acid groups (broad SMARTS) is 1. The fourth-order valence-electron chi connectivity index (χ4n) is 1.58. The normalized spacial score (nSPS) is 10.1. The van der Waals surface area contributed by atoms with Gasteiger partial charge in [0, 0.05) is 23.6 Å². The van der Waals surface area contributed by atoms with E-state index in [1.165, 1.54) is 0 Å². The van der Waals surface area contributed by atoms with Crippen LogP contribution in [0, 0.1) is 6.92 Å². The molecule has 0 aliphatic rings. The lowest BCUT2D eigenvalue weighted by Gasteiger charge is -2.07. The van der Waals surface area contributed by atoms with Crippen molar-refractivity contribution >= 4 is 23.5 Å². The molecule has 0 saturated heterocycles. The Morgan fingerprint density at radius 3 is 2.67 bits per heavy atom. The highest BCUT2D eigenvalue weighted by Crippen LogP contribution is 2.14. The van der Waals surface area contributed by atoms with Crippen molar-refractivity contribution in [2.45, 2.75) is 26.2 Å². The molecule has 0 aliphatic carbocycles. The third-order valence-corrected chi connectivity index (χ3v) is 2.77. The predicted octanol–water partition coefficient (Wildman–Crippen LogP) is 2.63. The average Bonchev–Trinajstić information content (AvgIpc) is 2.27. The maximum absolute atomic E-state index is 11.8. The first-order valence-corrected chi connectivity index (χ1v) is 6.14. The van der Waals surface area contributed by atoms with E-state index in [0.29, 0.717) is 30.0 Å². The third kappa shape index (κ3) is 4.75. The number of aryl methyl sites for hydroxylation is 1. The Labute approximate surface area is 111 Å². The van der Waals surface area contributed by atoms with Crippen LogP contribution in [-0.4, -0.2) is 23.5 Å². The Bertz CT molecular complexity index is 446. The first-order chi connectivity index (χ1) is 8.50. The first-order valence-electron chi connectivity index (χ1n) is 5.77. The summed E-state index contributed by atoms with van der Waals surface area (Å²) >= 11 is 5.81. The van der Waals surface area contributed by atoms with Gasteiger partial charge in [0.2, 0.25) is 0 Å². The largest absolute Gasteiger partial charge is 0.481 e. The molecule has 5 heteroatoms. The van der Waals surface area contributed by atoms with Crippen LogP contribution in [0.4, 0.5) is 0 Å². The van der Waals surface area contributed by atoms with Crippen LogP contribution in [0.1, 0.15) is 35.2 Å². The number of nitrogens with one attached hydrogen (secondary N) is 1. The summed E-state index contributed by atoms with van der Waals surface area (Å²) in [6.45, 7) is 2.30. The number of halogens is 1. The summed E-state index contributed by atoms with van der Waals surface area (Å²) in [6.07, 6.45) is 1.36. The molecule has 18 heavy (non-hydrogen) atoms. The number of rotatable bonds is 6. The fourth-order valence-corrected chi connectivity index (χ4v) is 1.81. The molecule has 1 amide bonds. The number of hydrogen-bond acceptors (Lipinski definition) is 2. The van der Waals surface area contributed by atoms with Gasteiger partial charge in [-0.3, -0.25) is 9.59 Å². The van der Waals surface area contributed by atoms with Crippen molar-refractivity contribution in [1.29, 1.82) is 0 Å². The first kappa shape index (κ1) is 14.5. The molecule has 0 saturated carbocycles. The van der Waals surface area contributed by atoms with E-state index in [1.54, 1.807) is 18.2 Å². The van der Waals surface area contributed by atoms with Gasteiger partial charge in [-0.1, -0.05) is 11.6 Å². The summed E-state index contributed by atoms with van der Waals surface area (Å²) in [5, 5.41) is 11.8. The van der Waals surface area contributed by atoms with Crippen molar-refractivity contribution < 1.29 is 14.7 Å². The average molecular weight is 270 g/mol. The zero-order valence-corrected chi connectivity index (χ0v) is 11.0. The number of unbranched alkanes of at least 4 members (excludes halogenated alkanes) is 1. The molecule has 0 aliphatic heterocycles. The second-order valence-corrected chi connectivity index (χ2v) is 4.50. The highest BCUT2D eigenvalue weighted by atomic mass is 35.5. The van der Waals surface area contributed by atoms with Gasteiger partial charge in [0.1, 0.15) is 0 Å². The van der Waals surface area contributed by atoms with Crippen LogP contribution in [0.2, 0.25) is 5.02 Å². The van der Waals surface area contributed by atoms with Crippen LogP contribution in [0.5, 0.6) is 0 Å². The molecule has 1 aromatic carbocycles. The van der Waals surface area contributed by atoms with Crippen LogP contribution in [0.15, 0.2) is 18.2 Å². The van der Waals surface area contributed by atoms with Gasteiger partial charge in [0.05, 0.1) is 0 Å². The summed E-state index contributed by atoms with van der Waals surface area (Å²) in [4.78, 5) is 22.1. The molecule has 0 fully saturated rings. The lowest BCUT2D eigenvalue weighted by Crippen LogP contribution is -2.25. The molecular formula is C13H16ClNO3. The van der Waals surface area contributed by atoms with Crippen molar-refractivity contribution in [2.24, 2.45) is 0 Å². The van der Waals surface area contributed by atoms with Gasteiger partial charge in [-0.15, -0.1) is 0 Å². The minimum absolute atomic E-state index is 0.135. The van der Waals surface area contributed by atoms with Crippen LogP contribution < -0.4 is 5.32 Å². The molecule has 1 rings (SSSR count). The van der Waals surface area contributed by atoms with E-state index in [9.17, 15) is 9.59 Å². The van der Waals surface area contributed by atoms with Crippen molar-refractivity contribution in [3.8, 4) is 0 Å². The second kappa shape index (κ2) is 7.01. The van der Waals surface area contributed by atoms with Gasteiger partial charge in [0.25, 0.3) is 5.91 Å². The standard InChI is InChI=1S/C13H16ClNO3/c1-9-8-10(14)5-6-11(9)13(18)15-7-3-2-4-12(16)17/h5-6,8H,2-4,7H2,1H3,(H,15,18)(H,16,17). The molecule has 0 radical (unpaired) electrons. The zero-order valence-electron chi connectivity index (χ0n) is 10.2. The van der Waals surface area contributed by atoms with Gasteiger partial charge in [-0.05, 0) is 43.5 Å². The maximum atomic E-state index is 11.8. The van der Waals surface area contributed by atoms with E-state index in [-0.39, 0.29) is 12.3 Å². The predicted molar refractivity (Wildman–Crippen MR) is 70.0 cm³/mol. The molecule has 2 N–H and O–H groups in total. The smallest absolute Gasteiger partial charge is 0.303 e. The molecule has 0 unspecified atom stereocenters. The summed E-state index contributed by atoms with van der Waals surface area (Å²) < 4.78 is 0. The lowest BCUT2D eigenvalue weighted by molar-refractivity contribution is -0.137. The molecule has 4 nitrogen and oxygen atoms in total. The van der Waals surface area contributed by atoms with E-state index < -0.39 is 5.97 Å². The highest BCUT2D eigenvalue weighted by Gasteiger charge is 2.08. The second-order valence-electron chi connectivity index (χ2n) is 4.07. The summed E-state index contributed by atoms with van der Waals surface area (Å²) in [5.41, 5.74) is 1.42. The third-order valence-electron chi connectivity index (χ3n) is 2.54. The van der Waals surface area contributed by atoms with E-state index >= 15 is 0 Å². The highest BCUT2D eigenvalue weighted by molar-refractivity contribution is 6.30. The topological polar surface area (TPSA) is 66.4 Å². The van der Waals surface area contributed by atoms with E-state index in [1.807, 2.05) is 6.92 Å². The number of carboxylic acids is 1. The molecule has 0 spiro atoms. The molecular weight excluding hydrogens is 254 g/mol. The maximum Gasteiger partial charge on any atom is 0.303 e. The minimum atomic E-state index is -0.810. The number of benzene rings is 1. The molecule has 0 aromatic heterocycles. The van der Waals surface area contributed by atoms with Gasteiger partial charge < -0.3 is 10.4 Å². The van der Waals surface area contributed by atoms with Crippen LogP contribution >= 0.6 is 11.6 Å². The summed E-state index contributed by atoms with van der Waals surface area (Å²) in [7, 11) is 0. The Balaban J connectivity index is 2.39. The van der Waals surface area contributed by atoms with Gasteiger partial charge >= 0.3 is 5.97 Å². The van der Waals surface area contributed by atoms with E-state index in [2.05, 4.69) is 5.32 Å². The Kier molecular flexibility index (Phi) is 5.65. The SMILES string of the molecule is Cc1cc(Cl)ccc1C(=O)NCCCCC(=O)O. The van der Waals surface area contributed by atoms with E-state index in [0.717, 1.165) is 5.56 Å². The monoisotopic (exact) mass is 269 g/mol. The van der Waals surface area contributed by atoms with Gasteiger partial charge in [-0.25, -0.2) is 0 Å². The van der Waals surface area contributed by atoms with Crippen LogP contribution in [0.3, 0.4) is 0 Å². The Morgan fingerprint density at radius 2 is 2.06 bits per heavy atom. The number of hydrogen-bond donors (Lipinski definition) is 2. The zero-order chi connectivity index (χ0) is 13.5. The van der Waals surface area contributed by atoms with Crippen LogP contribution in [0.25, 0.3) is 0 Å². The fraction of sp³-hybridized carbons (Fsp3) is 0.385. The van der Waals surface area contributed by atoms with Crippen molar-refractivity contribution in [1.82, 2.24) is 5.32 Å². The number of amides is 1. The Morgan fingerprint density at radius 1 is 1.33 bits per heavy atom. The molecule has 1 aromatic rings. The van der Waals surface area contributed by atoms with Crippen molar-refractivity contribution in [3.05, 3.63) is 34.3 Å². The number of carbonyl (C=O) groups is 2. The lowest BCUT2D eigenvalue weighted by atomic mass is 10.1. The van der Waals surface area contributed by atoms with Crippen LogP contribution in [-0.2, 0) is 4.79 Å². The molecule has 0 bridgehead atoms. The van der Waals surface area contributed by atoms with E-state index in [4.69, 9.17) is 16.7 Å². The minimum Gasteiger partial charge on any atom is -0.481 e. The quantitative estimate of drug-likeness (QED) is 0.780. The molecule has 98 valence electrons. The van der Waals surface area contributed by atoms with Gasteiger partial charge in [0.15, 0.2) is 0 Å². The Hall–Kier alpha value is -1.55.